The minimum Gasteiger partial charge on any atom is -0.382 e. The lowest BCUT2D eigenvalue weighted by atomic mass is 9.95. The van der Waals surface area contributed by atoms with Gasteiger partial charge < -0.3 is 14.8 Å². The van der Waals surface area contributed by atoms with Gasteiger partial charge in [0.15, 0.2) is 0 Å². The van der Waals surface area contributed by atoms with Crippen LogP contribution in [0.3, 0.4) is 0 Å². The molecule has 5 heteroatoms. The van der Waals surface area contributed by atoms with Crippen LogP contribution in [-0.2, 0) is 14.3 Å². The molecule has 0 radical (unpaired) electrons. The summed E-state index contributed by atoms with van der Waals surface area (Å²) in [6, 6.07) is 1.97. The molecule has 0 aromatic heterocycles. The van der Waals surface area contributed by atoms with Gasteiger partial charge in [-0.1, -0.05) is 0 Å². The molecule has 0 spiro atoms. The van der Waals surface area contributed by atoms with Crippen LogP contribution in [0, 0.1) is 16.7 Å². The SMILES string of the molecule is COCCOCCCCNC(=O)C(C)(C)C#N. The zero-order chi connectivity index (χ0) is 13.1. The van der Waals surface area contributed by atoms with Gasteiger partial charge in [0.2, 0.25) is 5.91 Å². The summed E-state index contributed by atoms with van der Waals surface area (Å²) < 4.78 is 10.1. The summed E-state index contributed by atoms with van der Waals surface area (Å²) in [5.74, 6) is -0.222. The van der Waals surface area contributed by atoms with Crippen LogP contribution in [0.5, 0.6) is 0 Å². The molecule has 98 valence electrons. The van der Waals surface area contributed by atoms with Crippen molar-refractivity contribution in [3.05, 3.63) is 0 Å². The molecule has 0 aliphatic heterocycles. The quantitative estimate of drug-likeness (QED) is 0.614. The molecule has 0 aromatic carbocycles. The third-order valence-corrected chi connectivity index (χ3v) is 2.28. The van der Waals surface area contributed by atoms with Crippen molar-refractivity contribution in [2.24, 2.45) is 5.41 Å². The maximum absolute atomic E-state index is 11.5. The number of methoxy groups -OCH3 is 1. The van der Waals surface area contributed by atoms with E-state index < -0.39 is 5.41 Å². The van der Waals surface area contributed by atoms with Gasteiger partial charge in [0.05, 0.1) is 19.3 Å². The fraction of sp³-hybridized carbons (Fsp3) is 0.833. The maximum atomic E-state index is 11.5. The van der Waals surface area contributed by atoms with E-state index in [9.17, 15) is 4.79 Å². The van der Waals surface area contributed by atoms with Crippen LogP contribution in [-0.4, -0.2) is 39.4 Å². The van der Waals surface area contributed by atoms with Gasteiger partial charge >= 0.3 is 0 Å². The smallest absolute Gasteiger partial charge is 0.239 e. The van der Waals surface area contributed by atoms with E-state index in [0.29, 0.717) is 26.4 Å². The van der Waals surface area contributed by atoms with E-state index in [1.807, 2.05) is 6.07 Å². The maximum Gasteiger partial charge on any atom is 0.239 e. The third kappa shape index (κ3) is 7.72. The number of hydrogen-bond donors (Lipinski definition) is 1. The Labute approximate surface area is 103 Å². The summed E-state index contributed by atoms with van der Waals surface area (Å²) >= 11 is 0. The van der Waals surface area contributed by atoms with E-state index in [1.54, 1.807) is 21.0 Å². The second-order valence-corrected chi connectivity index (χ2v) is 4.30. The molecule has 0 saturated heterocycles. The highest BCUT2D eigenvalue weighted by atomic mass is 16.5. The van der Waals surface area contributed by atoms with Gasteiger partial charge in [-0.05, 0) is 26.7 Å². The molecule has 0 aliphatic rings. The van der Waals surface area contributed by atoms with Crippen LogP contribution < -0.4 is 5.32 Å². The van der Waals surface area contributed by atoms with Crippen molar-refractivity contribution < 1.29 is 14.3 Å². The minimum atomic E-state index is -0.949. The van der Waals surface area contributed by atoms with E-state index in [1.165, 1.54) is 0 Å². The van der Waals surface area contributed by atoms with E-state index in [-0.39, 0.29) is 5.91 Å². The molecule has 1 amide bonds. The van der Waals surface area contributed by atoms with Crippen LogP contribution in [0.2, 0.25) is 0 Å². The van der Waals surface area contributed by atoms with Gasteiger partial charge in [-0.15, -0.1) is 0 Å². The molecular weight excluding hydrogens is 220 g/mol. The Morgan fingerprint density at radius 3 is 2.59 bits per heavy atom. The lowest BCUT2D eigenvalue weighted by molar-refractivity contribution is -0.126. The first-order valence-corrected chi connectivity index (χ1v) is 5.81. The van der Waals surface area contributed by atoms with Gasteiger partial charge in [-0.25, -0.2) is 0 Å². The number of hydrogen-bond acceptors (Lipinski definition) is 4. The largest absolute Gasteiger partial charge is 0.382 e. The fourth-order valence-corrected chi connectivity index (χ4v) is 1.05. The van der Waals surface area contributed by atoms with E-state index in [0.717, 1.165) is 12.8 Å². The summed E-state index contributed by atoms with van der Waals surface area (Å²) in [7, 11) is 1.63. The molecule has 0 aromatic rings. The van der Waals surface area contributed by atoms with Crippen LogP contribution in [0.4, 0.5) is 0 Å². The first kappa shape index (κ1) is 15.9. The van der Waals surface area contributed by atoms with Crippen LogP contribution in [0.1, 0.15) is 26.7 Å². The van der Waals surface area contributed by atoms with Gasteiger partial charge in [0, 0.05) is 20.3 Å². The Balaban J connectivity index is 3.41. The van der Waals surface area contributed by atoms with Crippen LogP contribution >= 0.6 is 0 Å². The van der Waals surface area contributed by atoms with Crippen molar-refractivity contribution >= 4 is 5.91 Å². The van der Waals surface area contributed by atoms with E-state index in [2.05, 4.69) is 5.32 Å². The van der Waals surface area contributed by atoms with Crippen molar-refractivity contribution in [1.29, 1.82) is 5.26 Å². The standard InChI is InChI=1S/C12H22N2O3/c1-12(2,10-13)11(15)14-6-4-5-7-17-9-8-16-3/h4-9H2,1-3H3,(H,14,15). The average Bonchev–Trinajstić information content (AvgIpc) is 2.32. The molecule has 5 nitrogen and oxygen atoms in total. The zero-order valence-electron chi connectivity index (χ0n) is 10.9. The number of amides is 1. The number of nitrogens with zero attached hydrogens (tertiary/aromatic N) is 1. The topological polar surface area (TPSA) is 71.3 Å². The molecule has 0 rings (SSSR count). The Kier molecular flexibility index (Phi) is 8.38. The number of rotatable bonds is 9. The number of carbonyl (C=O) groups is 1. The highest BCUT2D eigenvalue weighted by Gasteiger charge is 2.26. The molecule has 1 N–H and O–H groups in total. The van der Waals surface area contributed by atoms with Crippen LogP contribution in [0.25, 0.3) is 0 Å². The van der Waals surface area contributed by atoms with Gasteiger partial charge in [-0.3, -0.25) is 4.79 Å². The Morgan fingerprint density at radius 2 is 2.00 bits per heavy atom. The van der Waals surface area contributed by atoms with Gasteiger partial charge in [-0.2, -0.15) is 5.26 Å². The molecule has 17 heavy (non-hydrogen) atoms. The van der Waals surface area contributed by atoms with E-state index in [4.69, 9.17) is 14.7 Å². The minimum absolute atomic E-state index is 0.222. The number of carbonyl (C=O) groups excluding carboxylic acids is 1. The summed E-state index contributed by atoms with van der Waals surface area (Å²) in [6.07, 6.45) is 1.73. The van der Waals surface area contributed by atoms with Crippen molar-refractivity contribution in [2.45, 2.75) is 26.7 Å². The first-order chi connectivity index (χ1) is 8.04. The molecule has 0 fully saturated rings. The summed E-state index contributed by atoms with van der Waals surface area (Å²) in [6.45, 7) is 5.67. The average molecular weight is 242 g/mol. The molecule has 0 bridgehead atoms. The second kappa shape index (κ2) is 8.97. The molecule has 0 heterocycles. The number of nitrogens with one attached hydrogen (secondary N) is 1. The van der Waals surface area contributed by atoms with Crippen molar-refractivity contribution in [1.82, 2.24) is 5.32 Å². The second-order valence-electron chi connectivity index (χ2n) is 4.30. The molecular formula is C12H22N2O3. The highest BCUT2D eigenvalue weighted by molar-refractivity contribution is 5.84. The van der Waals surface area contributed by atoms with Crippen LogP contribution in [0.15, 0.2) is 0 Å². The highest BCUT2D eigenvalue weighted by Crippen LogP contribution is 2.12. The fourth-order valence-electron chi connectivity index (χ4n) is 1.05. The lowest BCUT2D eigenvalue weighted by Gasteiger charge is -2.14. The summed E-state index contributed by atoms with van der Waals surface area (Å²) in [5, 5.41) is 11.5. The monoisotopic (exact) mass is 242 g/mol. The Bertz CT molecular complexity index is 259. The predicted molar refractivity (Wildman–Crippen MR) is 64.3 cm³/mol. The summed E-state index contributed by atoms with van der Waals surface area (Å²) in [4.78, 5) is 11.5. The molecule has 0 aliphatic carbocycles. The van der Waals surface area contributed by atoms with Crippen molar-refractivity contribution in [3.8, 4) is 6.07 Å². The van der Waals surface area contributed by atoms with Crippen molar-refractivity contribution in [3.63, 3.8) is 0 Å². The zero-order valence-corrected chi connectivity index (χ0v) is 10.9. The number of unbranched alkanes of at least 4 members (excludes halogenated alkanes) is 1. The van der Waals surface area contributed by atoms with Gasteiger partial charge in [0.25, 0.3) is 0 Å². The van der Waals surface area contributed by atoms with Gasteiger partial charge in [0.1, 0.15) is 5.41 Å². The Morgan fingerprint density at radius 1 is 1.29 bits per heavy atom. The number of ether oxygens (including phenoxy) is 2. The molecule has 0 atom stereocenters. The first-order valence-electron chi connectivity index (χ1n) is 5.81. The third-order valence-electron chi connectivity index (χ3n) is 2.28. The summed E-state index contributed by atoms with van der Waals surface area (Å²) in [5.41, 5.74) is -0.949. The molecule has 0 saturated carbocycles. The molecule has 0 unspecified atom stereocenters. The number of nitriles is 1. The Hall–Kier alpha value is -1.12. The van der Waals surface area contributed by atoms with E-state index >= 15 is 0 Å². The van der Waals surface area contributed by atoms with Crippen molar-refractivity contribution in [2.75, 3.05) is 33.5 Å². The normalized spacial score (nSPS) is 10.9. The lowest BCUT2D eigenvalue weighted by Crippen LogP contribution is -2.36. The predicted octanol–water partition coefficient (Wildman–Crippen LogP) is 1.10.